The molecule has 0 aliphatic carbocycles. The van der Waals surface area contributed by atoms with Crippen LogP contribution in [0.5, 0.6) is 0 Å². The third-order valence-electron chi connectivity index (χ3n) is 1.47. The molecule has 3 nitrogen and oxygen atoms in total. The lowest BCUT2D eigenvalue weighted by Crippen LogP contribution is -2.14. The minimum atomic E-state index is -0.385. The first-order valence-corrected chi connectivity index (χ1v) is 3.33. The second-order valence-electron chi connectivity index (χ2n) is 2.60. The summed E-state index contributed by atoms with van der Waals surface area (Å²) in [5, 5.41) is 0. The van der Waals surface area contributed by atoms with E-state index in [0.717, 1.165) is 6.42 Å². The number of carbonyl (C=O) groups excluding carboxylic acids is 1. The maximum absolute atomic E-state index is 10.7. The van der Waals surface area contributed by atoms with E-state index in [2.05, 4.69) is 0 Å². The maximum Gasteiger partial charge on any atom is 0.353 e. The van der Waals surface area contributed by atoms with Crippen molar-refractivity contribution in [3.63, 3.8) is 0 Å². The number of carbonyl (C=O) groups is 1. The Bertz CT molecular complexity index is 174. The van der Waals surface area contributed by atoms with Crippen LogP contribution in [0.25, 0.3) is 0 Å². The van der Waals surface area contributed by atoms with Gasteiger partial charge in [-0.3, -0.25) is 0 Å². The van der Waals surface area contributed by atoms with Gasteiger partial charge in [-0.2, -0.15) is 0 Å². The van der Waals surface area contributed by atoms with Gasteiger partial charge in [0.15, 0.2) is 0 Å². The van der Waals surface area contributed by atoms with Gasteiger partial charge in [0, 0.05) is 0 Å². The molecule has 0 radical (unpaired) electrons. The Morgan fingerprint density at radius 1 is 1.80 bits per heavy atom. The fourth-order valence-electron chi connectivity index (χ4n) is 0.781. The Morgan fingerprint density at radius 3 is 3.20 bits per heavy atom. The minimum absolute atomic E-state index is 0.240. The summed E-state index contributed by atoms with van der Waals surface area (Å²) < 4.78 is 4.80. The molecular weight excluding hydrogens is 130 g/mol. The third kappa shape index (κ3) is 1.50. The van der Waals surface area contributed by atoms with Crippen molar-refractivity contribution in [1.82, 2.24) is 0 Å². The predicted octanol–water partition coefficient (Wildman–Crippen LogP) is 0.412. The lowest BCUT2D eigenvalue weighted by Gasteiger charge is -2.03. The zero-order valence-corrected chi connectivity index (χ0v) is 5.96. The van der Waals surface area contributed by atoms with Crippen LogP contribution in [0.1, 0.15) is 13.3 Å². The van der Waals surface area contributed by atoms with Gasteiger partial charge >= 0.3 is 5.97 Å². The molecule has 0 amide bonds. The summed E-state index contributed by atoms with van der Waals surface area (Å²) in [7, 11) is 0. The van der Waals surface area contributed by atoms with Crippen molar-refractivity contribution >= 4 is 5.97 Å². The van der Waals surface area contributed by atoms with Gasteiger partial charge in [-0.05, 0) is 12.3 Å². The molecule has 0 saturated heterocycles. The average Bonchev–Trinajstić information content (AvgIpc) is 2.04. The summed E-state index contributed by atoms with van der Waals surface area (Å²) >= 11 is 0. The fourth-order valence-corrected chi connectivity index (χ4v) is 0.781. The van der Waals surface area contributed by atoms with Crippen LogP contribution >= 0.6 is 0 Å². The average molecular weight is 141 g/mol. The van der Waals surface area contributed by atoms with Gasteiger partial charge in [-0.1, -0.05) is 13.0 Å². The van der Waals surface area contributed by atoms with Crippen LogP contribution in [0.4, 0.5) is 0 Å². The van der Waals surface area contributed by atoms with Gasteiger partial charge in [-0.15, -0.1) is 0 Å². The first kappa shape index (κ1) is 7.12. The van der Waals surface area contributed by atoms with Crippen molar-refractivity contribution in [3.8, 4) is 0 Å². The van der Waals surface area contributed by atoms with Crippen LogP contribution < -0.4 is 5.73 Å². The Hall–Kier alpha value is -0.990. The second kappa shape index (κ2) is 2.73. The summed E-state index contributed by atoms with van der Waals surface area (Å²) in [6, 6.07) is 0. The van der Waals surface area contributed by atoms with E-state index in [1.807, 2.05) is 6.92 Å². The van der Waals surface area contributed by atoms with E-state index in [4.69, 9.17) is 10.5 Å². The van der Waals surface area contributed by atoms with Crippen LogP contribution in [0, 0.1) is 5.92 Å². The molecule has 0 fully saturated rings. The summed E-state index contributed by atoms with van der Waals surface area (Å²) in [4.78, 5) is 10.7. The molecule has 56 valence electrons. The molecule has 0 saturated carbocycles. The van der Waals surface area contributed by atoms with E-state index in [9.17, 15) is 4.79 Å². The van der Waals surface area contributed by atoms with Crippen molar-refractivity contribution in [2.45, 2.75) is 13.3 Å². The smallest absolute Gasteiger partial charge is 0.353 e. The van der Waals surface area contributed by atoms with E-state index in [1.165, 1.54) is 0 Å². The molecule has 1 aliphatic heterocycles. The van der Waals surface area contributed by atoms with Gasteiger partial charge in [0.1, 0.15) is 5.70 Å². The quantitative estimate of drug-likeness (QED) is 0.497. The summed E-state index contributed by atoms with van der Waals surface area (Å²) in [5.41, 5.74) is 5.57. The van der Waals surface area contributed by atoms with Crippen LogP contribution in [0.3, 0.4) is 0 Å². The van der Waals surface area contributed by atoms with E-state index in [0.29, 0.717) is 12.5 Å². The van der Waals surface area contributed by atoms with Crippen molar-refractivity contribution in [2.75, 3.05) is 6.61 Å². The molecule has 10 heavy (non-hydrogen) atoms. The molecule has 3 heteroatoms. The Morgan fingerprint density at radius 2 is 2.50 bits per heavy atom. The highest BCUT2D eigenvalue weighted by molar-refractivity contribution is 5.87. The van der Waals surface area contributed by atoms with Crippen LogP contribution in [0.15, 0.2) is 11.8 Å². The highest BCUT2D eigenvalue weighted by Crippen LogP contribution is 2.09. The highest BCUT2D eigenvalue weighted by atomic mass is 16.5. The highest BCUT2D eigenvalue weighted by Gasteiger charge is 2.13. The molecule has 2 N–H and O–H groups in total. The topological polar surface area (TPSA) is 52.3 Å². The summed E-state index contributed by atoms with van der Waals surface area (Å²) in [5.74, 6) is 0.00866. The second-order valence-corrected chi connectivity index (χ2v) is 2.60. The van der Waals surface area contributed by atoms with Crippen molar-refractivity contribution in [3.05, 3.63) is 11.8 Å². The first-order valence-electron chi connectivity index (χ1n) is 3.33. The Kier molecular flexibility index (Phi) is 1.94. The predicted molar refractivity (Wildman–Crippen MR) is 37.0 cm³/mol. The Balaban J connectivity index is 2.64. The molecule has 0 aromatic rings. The normalized spacial score (nSPS) is 26.7. The minimum Gasteiger partial charge on any atom is -0.461 e. The molecule has 0 bridgehead atoms. The number of cyclic esters (lactones) is 1. The number of nitrogens with two attached hydrogens (primary N) is 1. The molecule has 1 rings (SSSR count). The van der Waals surface area contributed by atoms with E-state index < -0.39 is 0 Å². The summed E-state index contributed by atoms with van der Waals surface area (Å²) in [6.45, 7) is 2.50. The Labute approximate surface area is 59.8 Å². The van der Waals surface area contributed by atoms with Crippen LogP contribution in [-0.2, 0) is 9.53 Å². The van der Waals surface area contributed by atoms with Gasteiger partial charge < -0.3 is 10.5 Å². The molecule has 1 atom stereocenters. The standard InChI is InChI=1S/C7H11NO2/c1-5-2-3-6(8)7(9)10-4-5/h3,5H,2,4,8H2,1H3. The molecule has 1 aliphatic rings. The summed E-state index contributed by atoms with van der Waals surface area (Å²) in [6.07, 6.45) is 2.55. The van der Waals surface area contributed by atoms with Crippen LogP contribution in [0.2, 0.25) is 0 Å². The van der Waals surface area contributed by atoms with Gasteiger partial charge in [0.25, 0.3) is 0 Å². The molecule has 1 heterocycles. The monoisotopic (exact) mass is 141 g/mol. The number of rotatable bonds is 0. The molecule has 1 unspecified atom stereocenters. The molecule has 0 aromatic heterocycles. The largest absolute Gasteiger partial charge is 0.461 e. The van der Waals surface area contributed by atoms with Gasteiger partial charge in [0.05, 0.1) is 6.61 Å². The number of ether oxygens (including phenoxy) is 1. The van der Waals surface area contributed by atoms with E-state index in [-0.39, 0.29) is 11.7 Å². The zero-order valence-electron chi connectivity index (χ0n) is 5.96. The van der Waals surface area contributed by atoms with E-state index in [1.54, 1.807) is 6.08 Å². The SMILES string of the molecule is CC1CC=C(N)C(=O)OC1. The number of allylic oxidation sites excluding steroid dienone is 1. The zero-order chi connectivity index (χ0) is 7.56. The maximum atomic E-state index is 10.7. The van der Waals surface area contributed by atoms with Gasteiger partial charge in [-0.25, -0.2) is 4.79 Å². The number of hydrogen-bond acceptors (Lipinski definition) is 3. The molecular formula is C7H11NO2. The fraction of sp³-hybridized carbons (Fsp3) is 0.571. The lowest BCUT2D eigenvalue weighted by molar-refractivity contribution is -0.139. The van der Waals surface area contributed by atoms with Crippen molar-refractivity contribution in [1.29, 1.82) is 0 Å². The third-order valence-corrected chi connectivity index (χ3v) is 1.47. The molecule has 0 spiro atoms. The van der Waals surface area contributed by atoms with Crippen molar-refractivity contribution < 1.29 is 9.53 Å². The lowest BCUT2D eigenvalue weighted by atomic mass is 10.1. The first-order chi connectivity index (χ1) is 4.70. The van der Waals surface area contributed by atoms with Gasteiger partial charge in [0.2, 0.25) is 0 Å². The molecule has 0 aromatic carbocycles. The van der Waals surface area contributed by atoms with Crippen LogP contribution in [-0.4, -0.2) is 12.6 Å². The number of esters is 1. The van der Waals surface area contributed by atoms with E-state index >= 15 is 0 Å². The van der Waals surface area contributed by atoms with Crippen molar-refractivity contribution in [2.24, 2.45) is 11.7 Å². The number of hydrogen-bond donors (Lipinski definition) is 1.